The highest BCUT2D eigenvalue weighted by Crippen LogP contribution is 2.09. The smallest absolute Gasteiger partial charge is 0.335 e. The predicted molar refractivity (Wildman–Crippen MR) is 79.8 cm³/mol. The number of hydrogen-bond acceptors (Lipinski definition) is 3. The molecule has 0 unspecified atom stereocenters. The molecule has 0 aliphatic rings. The number of carboxylic acids is 1. The van der Waals surface area contributed by atoms with Crippen molar-refractivity contribution in [3.8, 4) is 0 Å². The SMILES string of the molecule is O=C(O)c1ccc(C(=O)NNC(=O)c2ccc(Cl)cc2)cc1. The van der Waals surface area contributed by atoms with Crippen molar-refractivity contribution in [2.75, 3.05) is 0 Å². The Morgan fingerprint density at radius 1 is 0.727 bits per heavy atom. The number of halogens is 1. The van der Waals surface area contributed by atoms with Crippen LogP contribution in [0.3, 0.4) is 0 Å². The lowest BCUT2D eigenvalue weighted by molar-refractivity contribution is 0.0696. The third kappa shape index (κ3) is 3.83. The van der Waals surface area contributed by atoms with E-state index in [0.29, 0.717) is 10.6 Å². The molecule has 0 aliphatic carbocycles. The van der Waals surface area contributed by atoms with Gasteiger partial charge in [0.25, 0.3) is 11.8 Å². The number of nitrogens with one attached hydrogen (secondary N) is 2. The maximum absolute atomic E-state index is 11.8. The lowest BCUT2D eigenvalue weighted by Crippen LogP contribution is -2.41. The van der Waals surface area contributed by atoms with Gasteiger partial charge in [-0.15, -0.1) is 0 Å². The van der Waals surface area contributed by atoms with Gasteiger partial charge in [-0.25, -0.2) is 4.79 Å². The summed E-state index contributed by atoms with van der Waals surface area (Å²) >= 11 is 5.72. The summed E-state index contributed by atoms with van der Waals surface area (Å²) in [5.74, 6) is -2.13. The molecule has 0 fully saturated rings. The van der Waals surface area contributed by atoms with E-state index < -0.39 is 17.8 Å². The number of carbonyl (C=O) groups excluding carboxylic acids is 2. The number of amides is 2. The first-order valence-corrected chi connectivity index (χ1v) is 6.55. The fraction of sp³-hybridized carbons (Fsp3) is 0. The molecule has 0 spiro atoms. The minimum absolute atomic E-state index is 0.0711. The normalized spacial score (nSPS) is 9.86. The molecule has 0 bridgehead atoms. The highest BCUT2D eigenvalue weighted by Gasteiger charge is 2.10. The second kappa shape index (κ2) is 6.73. The molecule has 0 aromatic heterocycles. The van der Waals surface area contributed by atoms with E-state index in [4.69, 9.17) is 16.7 Å². The minimum Gasteiger partial charge on any atom is -0.478 e. The third-order valence-electron chi connectivity index (χ3n) is 2.79. The van der Waals surface area contributed by atoms with E-state index in [0.717, 1.165) is 0 Å². The zero-order chi connectivity index (χ0) is 16.1. The fourth-order valence-electron chi connectivity index (χ4n) is 1.62. The van der Waals surface area contributed by atoms with Crippen LogP contribution in [0.25, 0.3) is 0 Å². The minimum atomic E-state index is -1.08. The zero-order valence-electron chi connectivity index (χ0n) is 11.2. The molecule has 0 atom stereocenters. The largest absolute Gasteiger partial charge is 0.478 e. The van der Waals surface area contributed by atoms with E-state index in [-0.39, 0.29) is 11.1 Å². The highest BCUT2D eigenvalue weighted by molar-refractivity contribution is 6.30. The van der Waals surface area contributed by atoms with Crippen molar-refractivity contribution in [2.24, 2.45) is 0 Å². The number of hydrazine groups is 1. The Morgan fingerprint density at radius 2 is 1.09 bits per heavy atom. The van der Waals surface area contributed by atoms with Crippen LogP contribution >= 0.6 is 11.6 Å². The lowest BCUT2D eigenvalue weighted by atomic mass is 10.1. The maximum Gasteiger partial charge on any atom is 0.335 e. The van der Waals surface area contributed by atoms with Gasteiger partial charge >= 0.3 is 5.97 Å². The number of hydrogen-bond donors (Lipinski definition) is 3. The van der Waals surface area contributed by atoms with Gasteiger partial charge in [0, 0.05) is 16.1 Å². The summed E-state index contributed by atoms with van der Waals surface area (Å²) in [6.45, 7) is 0. The number of aromatic carboxylic acids is 1. The average molecular weight is 319 g/mol. The molecular formula is C15H11ClN2O4. The van der Waals surface area contributed by atoms with E-state index in [1.165, 1.54) is 36.4 Å². The quantitative estimate of drug-likeness (QED) is 0.755. The van der Waals surface area contributed by atoms with Crippen molar-refractivity contribution in [1.82, 2.24) is 10.9 Å². The fourth-order valence-corrected chi connectivity index (χ4v) is 1.75. The average Bonchev–Trinajstić information content (AvgIpc) is 2.53. The molecule has 0 radical (unpaired) electrons. The van der Waals surface area contributed by atoms with Crippen molar-refractivity contribution >= 4 is 29.4 Å². The van der Waals surface area contributed by atoms with Gasteiger partial charge in [0.15, 0.2) is 0 Å². The number of carbonyl (C=O) groups is 3. The van der Waals surface area contributed by atoms with Crippen LogP contribution in [0.2, 0.25) is 5.02 Å². The highest BCUT2D eigenvalue weighted by atomic mass is 35.5. The molecule has 22 heavy (non-hydrogen) atoms. The summed E-state index contributed by atoms with van der Waals surface area (Å²) in [7, 11) is 0. The van der Waals surface area contributed by atoms with Crippen LogP contribution in [-0.4, -0.2) is 22.9 Å². The van der Waals surface area contributed by atoms with Crippen LogP contribution in [0.4, 0.5) is 0 Å². The number of rotatable bonds is 3. The van der Waals surface area contributed by atoms with E-state index in [9.17, 15) is 14.4 Å². The Hall–Kier alpha value is -2.86. The molecule has 0 saturated carbocycles. The first-order chi connectivity index (χ1) is 10.5. The lowest BCUT2D eigenvalue weighted by Gasteiger charge is -2.07. The second-order valence-corrected chi connectivity index (χ2v) is 4.73. The van der Waals surface area contributed by atoms with Gasteiger partial charge < -0.3 is 5.11 Å². The summed E-state index contributed by atoms with van der Waals surface area (Å²) in [5.41, 5.74) is 5.13. The molecule has 7 heteroatoms. The summed E-state index contributed by atoms with van der Waals surface area (Å²) in [6, 6.07) is 11.5. The molecule has 0 saturated heterocycles. The molecule has 0 heterocycles. The van der Waals surface area contributed by atoms with E-state index in [2.05, 4.69) is 10.9 Å². The molecule has 3 N–H and O–H groups in total. The van der Waals surface area contributed by atoms with Gasteiger partial charge in [-0.05, 0) is 48.5 Å². The van der Waals surface area contributed by atoms with Crippen LogP contribution < -0.4 is 10.9 Å². The monoisotopic (exact) mass is 318 g/mol. The van der Waals surface area contributed by atoms with E-state index in [1.54, 1.807) is 12.1 Å². The molecule has 2 rings (SSSR count). The van der Waals surface area contributed by atoms with Gasteiger partial charge in [-0.1, -0.05) is 11.6 Å². The topological polar surface area (TPSA) is 95.5 Å². The molecule has 2 aromatic carbocycles. The van der Waals surface area contributed by atoms with E-state index in [1.807, 2.05) is 0 Å². The second-order valence-electron chi connectivity index (χ2n) is 4.30. The van der Waals surface area contributed by atoms with Crippen LogP contribution in [0, 0.1) is 0 Å². The van der Waals surface area contributed by atoms with Crippen LogP contribution in [-0.2, 0) is 0 Å². The number of benzene rings is 2. The summed E-state index contributed by atoms with van der Waals surface area (Å²) in [5, 5.41) is 9.27. The number of carboxylic acid groups (broad SMARTS) is 1. The first kappa shape index (κ1) is 15.5. The van der Waals surface area contributed by atoms with Gasteiger partial charge in [-0.2, -0.15) is 0 Å². The Balaban J connectivity index is 1.96. The summed E-state index contributed by atoms with van der Waals surface area (Å²) < 4.78 is 0. The van der Waals surface area contributed by atoms with E-state index >= 15 is 0 Å². The van der Waals surface area contributed by atoms with Gasteiger partial charge in [-0.3, -0.25) is 20.4 Å². The molecule has 6 nitrogen and oxygen atoms in total. The van der Waals surface area contributed by atoms with Gasteiger partial charge in [0.1, 0.15) is 0 Å². The molecule has 2 aromatic rings. The maximum atomic E-state index is 11.8. The Morgan fingerprint density at radius 3 is 1.50 bits per heavy atom. The third-order valence-corrected chi connectivity index (χ3v) is 3.04. The first-order valence-electron chi connectivity index (χ1n) is 6.17. The Labute approximate surface area is 130 Å². The van der Waals surface area contributed by atoms with Crippen molar-refractivity contribution in [3.05, 3.63) is 70.2 Å². The summed E-state index contributed by atoms with van der Waals surface area (Å²) in [4.78, 5) is 34.3. The predicted octanol–water partition coefficient (Wildman–Crippen LogP) is 2.11. The van der Waals surface area contributed by atoms with Crippen molar-refractivity contribution < 1.29 is 19.5 Å². The zero-order valence-corrected chi connectivity index (χ0v) is 11.9. The van der Waals surface area contributed by atoms with Crippen LogP contribution in [0.15, 0.2) is 48.5 Å². The molecule has 2 amide bonds. The Bertz CT molecular complexity index is 711. The molecule has 0 aliphatic heterocycles. The van der Waals surface area contributed by atoms with Gasteiger partial charge in [0.05, 0.1) is 5.56 Å². The van der Waals surface area contributed by atoms with Crippen LogP contribution in [0.1, 0.15) is 31.1 Å². The molecule has 112 valence electrons. The summed E-state index contributed by atoms with van der Waals surface area (Å²) in [6.07, 6.45) is 0. The van der Waals surface area contributed by atoms with Crippen molar-refractivity contribution in [2.45, 2.75) is 0 Å². The van der Waals surface area contributed by atoms with Crippen LogP contribution in [0.5, 0.6) is 0 Å². The standard InChI is InChI=1S/C15H11ClN2O4/c16-12-7-5-10(6-8-12)14(20)18-17-13(19)9-1-3-11(4-2-9)15(21)22/h1-8H,(H,17,19)(H,18,20)(H,21,22). The molecular weight excluding hydrogens is 308 g/mol. The van der Waals surface area contributed by atoms with Crippen molar-refractivity contribution in [3.63, 3.8) is 0 Å². The van der Waals surface area contributed by atoms with Crippen molar-refractivity contribution in [1.29, 1.82) is 0 Å². The Kier molecular flexibility index (Phi) is 4.75. The van der Waals surface area contributed by atoms with Gasteiger partial charge in [0.2, 0.25) is 0 Å².